The van der Waals surface area contributed by atoms with Gasteiger partial charge >= 0.3 is 12.1 Å². The molecule has 4 rings (SSSR count). The lowest BCUT2D eigenvalue weighted by Crippen LogP contribution is -2.11. The van der Waals surface area contributed by atoms with Gasteiger partial charge in [-0.2, -0.15) is 0 Å². The second kappa shape index (κ2) is 9.27. The van der Waals surface area contributed by atoms with E-state index >= 15 is 0 Å². The van der Waals surface area contributed by atoms with Crippen molar-refractivity contribution in [3.8, 4) is 22.1 Å². The van der Waals surface area contributed by atoms with Crippen LogP contribution in [-0.4, -0.2) is 24.2 Å². The molecule has 1 amide bonds. The van der Waals surface area contributed by atoms with Crippen LogP contribution in [0.2, 0.25) is 0 Å². The third-order valence-electron chi connectivity index (χ3n) is 4.33. The van der Waals surface area contributed by atoms with Crippen LogP contribution in [0, 0.1) is 0 Å². The molecule has 1 fully saturated rings. The number of carbonyl (C=O) groups is 2. The van der Waals surface area contributed by atoms with Gasteiger partial charge in [-0.15, -0.1) is 11.3 Å². The topological polar surface area (TPSA) is 86.8 Å². The van der Waals surface area contributed by atoms with Crippen molar-refractivity contribution in [2.24, 2.45) is 0 Å². The summed E-state index contributed by atoms with van der Waals surface area (Å²) in [7, 11) is 1.57. The summed E-state index contributed by atoms with van der Waals surface area (Å²) in [6.07, 6.45) is 4.10. The third-order valence-corrected chi connectivity index (χ3v) is 5.27. The fourth-order valence-corrected chi connectivity index (χ4v) is 3.65. The van der Waals surface area contributed by atoms with Crippen molar-refractivity contribution in [2.45, 2.75) is 6.61 Å². The SMILES string of the molecule is COc1cc(C=CC=C2NC(=O)OC2=O)ccc1OCc1csc(-c2ccccc2)n1. The van der Waals surface area contributed by atoms with E-state index in [4.69, 9.17) is 9.47 Å². The van der Waals surface area contributed by atoms with Crippen molar-refractivity contribution in [3.05, 3.63) is 83.0 Å². The maximum Gasteiger partial charge on any atom is 0.419 e. The molecular weight excluding hydrogens is 416 g/mol. The predicted molar refractivity (Wildman–Crippen MR) is 117 cm³/mol. The van der Waals surface area contributed by atoms with E-state index in [1.807, 2.05) is 53.9 Å². The summed E-state index contributed by atoms with van der Waals surface area (Å²) in [5, 5.41) is 5.24. The Morgan fingerprint density at radius 2 is 1.97 bits per heavy atom. The summed E-state index contributed by atoms with van der Waals surface area (Å²) < 4.78 is 15.7. The first-order valence-corrected chi connectivity index (χ1v) is 10.2. The quantitative estimate of drug-likeness (QED) is 0.333. The number of methoxy groups -OCH3 is 1. The van der Waals surface area contributed by atoms with Crippen molar-refractivity contribution in [2.75, 3.05) is 7.11 Å². The molecule has 31 heavy (non-hydrogen) atoms. The molecule has 3 aromatic rings. The zero-order valence-corrected chi connectivity index (χ0v) is 17.3. The van der Waals surface area contributed by atoms with Gasteiger partial charge in [0.2, 0.25) is 0 Å². The van der Waals surface area contributed by atoms with Crippen LogP contribution in [0.4, 0.5) is 4.79 Å². The lowest BCUT2D eigenvalue weighted by atomic mass is 10.2. The Balaban J connectivity index is 1.41. The summed E-state index contributed by atoms with van der Waals surface area (Å²) in [4.78, 5) is 27.0. The number of aromatic nitrogens is 1. The number of ether oxygens (including phenoxy) is 3. The molecule has 0 spiro atoms. The Labute approximate surface area is 182 Å². The predicted octanol–water partition coefficient (Wildman–Crippen LogP) is 4.56. The third kappa shape index (κ3) is 4.99. The van der Waals surface area contributed by atoms with Crippen LogP contribution in [-0.2, 0) is 16.1 Å². The Kier molecular flexibility index (Phi) is 6.09. The Hall–Kier alpha value is -3.91. The summed E-state index contributed by atoms with van der Waals surface area (Å²) in [6, 6.07) is 15.5. The highest BCUT2D eigenvalue weighted by Gasteiger charge is 2.25. The molecule has 1 aliphatic rings. The van der Waals surface area contributed by atoms with Gasteiger partial charge < -0.3 is 14.2 Å². The molecular formula is C23H18N2O5S. The molecule has 8 heteroatoms. The number of nitrogens with one attached hydrogen (secondary N) is 1. The molecule has 2 heterocycles. The number of carbonyl (C=O) groups excluding carboxylic acids is 2. The fraction of sp³-hybridized carbons (Fsp3) is 0.0870. The van der Waals surface area contributed by atoms with E-state index in [0.29, 0.717) is 18.1 Å². The molecule has 1 saturated heterocycles. The number of amides is 1. The number of hydrogen-bond acceptors (Lipinski definition) is 7. The van der Waals surface area contributed by atoms with Gasteiger partial charge in [-0.3, -0.25) is 5.32 Å². The molecule has 0 aliphatic carbocycles. The highest BCUT2D eigenvalue weighted by Crippen LogP contribution is 2.30. The van der Waals surface area contributed by atoms with Crippen LogP contribution in [0.3, 0.4) is 0 Å². The average molecular weight is 434 g/mol. The van der Waals surface area contributed by atoms with Crippen molar-refractivity contribution in [1.82, 2.24) is 10.3 Å². The van der Waals surface area contributed by atoms with Crippen LogP contribution in [0.25, 0.3) is 16.6 Å². The largest absolute Gasteiger partial charge is 0.493 e. The maximum absolute atomic E-state index is 11.4. The van der Waals surface area contributed by atoms with Crippen LogP contribution >= 0.6 is 11.3 Å². The first-order chi connectivity index (χ1) is 15.1. The molecule has 156 valence electrons. The second-order valence-electron chi connectivity index (χ2n) is 6.45. The van der Waals surface area contributed by atoms with E-state index in [0.717, 1.165) is 21.8 Å². The molecule has 1 N–H and O–H groups in total. The monoisotopic (exact) mass is 434 g/mol. The van der Waals surface area contributed by atoms with Crippen molar-refractivity contribution >= 4 is 29.5 Å². The summed E-state index contributed by atoms with van der Waals surface area (Å²) >= 11 is 1.57. The first-order valence-electron chi connectivity index (χ1n) is 9.34. The van der Waals surface area contributed by atoms with Gasteiger partial charge in [-0.1, -0.05) is 48.6 Å². The standard InChI is InChI=1S/C23H18N2O5S/c1-28-20-12-15(6-5-9-18-22(26)30-23(27)25-18)10-11-19(20)29-13-17-14-31-21(24-17)16-7-3-2-4-8-16/h2-12,14H,13H2,1H3,(H,25,27). The van der Waals surface area contributed by atoms with E-state index < -0.39 is 12.1 Å². The van der Waals surface area contributed by atoms with Crippen LogP contribution < -0.4 is 14.8 Å². The number of cyclic esters (lactones) is 2. The molecule has 1 aliphatic heterocycles. The molecule has 2 aromatic carbocycles. The fourth-order valence-electron chi connectivity index (χ4n) is 2.84. The number of hydrogen-bond donors (Lipinski definition) is 1. The molecule has 0 radical (unpaired) electrons. The van der Waals surface area contributed by atoms with Crippen LogP contribution in [0.15, 0.2) is 71.8 Å². The Morgan fingerprint density at radius 3 is 2.71 bits per heavy atom. The number of nitrogens with zero attached hydrogens (tertiary/aromatic N) is 1. The van der Waals surface area contributed by atoms with Crippen LogP contribution in [0.1, 0.15) is 11.3 Å². The summed E-state index contributed by atoms with van der Waals surface area (Å²) in [5.74, 6) is 0.467. The summed E-state index contributed by atoms with van der Waals surface area (Å²) in [5.41, 5.74) is 2.84. The van der Waals surface area contributed by atoms with Gasteiger partial charge in [0.1, 0.15) is 17.3 Å². The van der Waals surface area contributed by atoms with Gasteiger partial charge in [0.15, 0.2) is 11.5 Å². The summed E-state index contributed by atoms with van der Waals surface area (Å²) in [6.45, 7) is 0.322. The highest BCUT2D eigenvalue weighted by atomic mass is 32.1. The van der Waals surface area contributed by atoms with Crippen molar-refractivity contribution < 1.29 is 23.8 Å². The normalized spacial score (nSPS) is 14.7. The number of esters is 1. The van der Waals surface area contributed by atoms with E-state index in [9.17, 15) is 9.59 Å². The number of alkyl carbamates (subject to hydrolysis) is 1. The van der Waals surface area contributed by atoms with Crippen LogP contribution in [0.5, 0.6) is 11.5 Å². The minimum atomic E-state index is -0.774. The van der Waals surface area contributed by atoms with Gasteiger partial charge in [0.05, 0.1) is 12.8 Å². The average Bonchev–Trinajstić information content (AvgIpc) is 3.39. The minimum absolute atomic E-state index is 0.0892. The molecule has 0 bridgehead atoms. The van der Waals surface area contributed by atoms with E-state index in [1.165, 1.54) is 6.08 Å². The highest BCUT2D eigenvalue weighted by molar-refractivity contribution is 7.13. The Bertz CT molecular complexity index is 1170. The van der Waals surface area contributed by atoms with E-state index in [2.05, 4.69) is 15.0 Å². The minimum Gasteiger partial charge on any atom is -0.493 e. The molecule has 1 aromatic heterocycles. The zero-order chi connectivity index (χ0) is 21.6. The van der Waals surface area contributed by atoms with Gasteiger partial charge in [-0.25, -0.2) is 14.6 Å². The van der Waals surface area contributed by atoms with E-state index in [1.54, 1.807) is 30.6 Å². The van der Waals surface area contributed by atoms with Gasteiger partial charge in [0, 0.05) is 10.9 Å². The zero-order valence-electron chi connectivity index (χ0n) is 16.5. The number of benzene rings is 2. The lowest BCUT2D eigenvalue weighted by Gasteiger charge is -2.10. The van der Waals surface area contributed by atoms with Gasteiger partial charge in [0.25, 0.3) is 0 Å². The van der Waals surface area contributed by atoms with E-state index in [-0.39, 0.29) is 5.70 Å². The van der Waals surface area contributed by atoms with Crippen molar-refractivity contribution in [3.63, 3.8) is 0 Å². The smallest absolute Gasteiger partial charge is 0.419 e. The maximum atomic E-state index is 11.4. The molecule has 7 nitrogen and oxygen atoms in total. The number of allylic oxidation sites excluding steroid dienone is 2. The molecule has 0 unspecified atom stereocenters. The molecule has 0 atom stereocenters. The molecule has 0 saturated carbocycles. The second-order valence-corrected chi connectivity index (χ2v) is 7.31. The van der Waals surface area contributed by atoms with Crippen molar-refractivity contribution in [1.29, 1.82) is 0 Å². The number of thiazole rings is 1. The lowest BCUT2D eigenvalue weighted by molar-refractivity contribution is -0.130. The first kappa shape index (κ1) is 20.4. The number of rotatable bonds is 7. The Morgan fingerprint density at radius 1 is 1.13 bits per heavy atom. The van der Waals surface area contributed by atoms with Gasteiger partial charge in [-0.05, 0) is 23.8 Å².